The van der Waals surface area contributed by atoms with Gasteiger partial charge in [0, 0.05) is 13.1 Å². The van der Waals surface area contributed by atoms with Gasteiger partial charge in [0.05, 0.1) is 15.4 Å². The monoisotopic (exact) mass is 271 g/mol. The van der Waals surface area contributed by atoms with Crippen LogP contribution in [0.3, 0.4) is 0 Å². The Morgan fingerprint density at radius 1 is 1.41 bits per heavy atom. The Morgan fingerprint density at radius 3 is 2.82 bits per heavy atom. The number of rotatable bonds is 1. The van der Waals surface area contributed by atoms with Gasteiger partial charge in [-0.25, -0.2) is 9.37 Å². The van der Waals surface area contributed by atoms with Crippen LogP contribution in [0.5, 0.6) is 0 Å². The van der Waals surface area contributed by atoms with Crippen molar-refractivity contribution >= 4 is 44.0 Å². The number of hydrogen-bond donors (Lipinski definition) is 1. The van der Waals surface area contributed by atoms with E-state index in [9.17, 15) is 4.39 Å². The Morgan fingerprint density at radius 2 is 2.12 bits per heavy atom. The highest BCUT2D eigenvalue weighted by atomic mass is 35.5. The first-order chi connectivity index (χ1) is 8.16. The van der Waals surface area contributed by atoms with Crippen molar-refractivity contribution in [1.82, 2.24) is 4.98 Å². The van der Waals surface area contributed by atoms with Crippen LogP contribution in [-0.2, 0) is 0 Å². The van der Waals surface area contributed by atoms with Crippen LogP contribution < -0.4 is 10.6 Å². The molecular weight excluding hydrogens is 261 g/mol. The number of nitrogens with two attached hydrogens (primary N) is 1. The summed E-state index contributed by atoms with van der Waals surface area (Å²) >= 11 is 7.40. The molecule has 1 fully saturated rings. The summed E-state index contributed by atoms with van der Waals surface area (Å²) < 4.78 is 14.1. The van der Waals surface area contributed by atoms with Gasteiger partial charge in [-0.05, 0) is 18.9 Å². The van der Waals surface area contributed by atoms with Crippen molar-refractivity contribution in [3.63, 3.8) is 0 Å². The summed E-state index contributed by atoms with van der Waals surface area (Å²) in [6.07, 6.45) is 2.35. The lowest BCUT2D eigenvalue weighted by atomic mass is 10.3. The number of fused-ring (bicyclic) bond motifs is 1. The zero-order valence-corrected chi connectivity index (χ0v) is 10.6. The predicted octanol–water partition coefficient (Wildman–Crippen LogP) is 3.27. The number of aromatic nitrogens is 1. The van der Waals surface area contributed by atoms with E-state index in [-0.39, 0.29) is 5.69 Å². The zero-order chi connectivity index (χ0) is 12.0. The molecule has 1 saturated heterocycles. The lowest BCUT2D eigenvalue weighted by Crippen LogP contribution is -2.16. The average Bonchev–Trinajstić information content (AvgIpc) is 2.94. The average molecular weight is 272 g/mol. The maximum atomic E-state index is 13.5. The first-order valence-corrected chi connectivity index (χ1v) is 6.65. The van der Waals surface area contributed by atoms with Gasteiger partial charge in [0.2, 0.25) is 0 Å². The van der Waals surface area contributed by atoms with Gasteiger partial charge < -0.3 is 10.6 Å². The van der Waals surface area contributed by atoms with E-state index < -0.39 is 5.82 Å². The fourth-order valence-corrected chi connectivity index (χ4v) is 3.44. The molecule has 0 unspecified atom stereocenters. The standard InChI is InChI=1S/C11H11ClFN3S/c12-6-5-7(13)8(14)10-9(6)15-11(17-10)16-3-1-2-4-16/h5H,1-4,14H2. The SMILES string of the molecule is Nc1c(F)cc(Cl)c2nc(N3CCCC3)sc12. The second kappa shape index (κ2) is 3.99. The summed E-state index contributed by atoms with van der Waals surface area (Å²) in [5.41, 5.74) is 6.47. The number of halogens is 2. The Labute approximate surface area is 107 Å². The van der Waals surface area contributed by atoms with E-state index in [0.29, 0.717) is 15.2 Å². The van der Waals surface area contributed by atoms with E-state index in [1.165, 1.54) is 30.2 Å². The van der Waals surface area contributed by atoms with Gasteiger partial charge in [-0.15, -0.1) is 0 Å². The van der Waals surface area contributed by atoms with Crippen molar-refractivity contribution in [2.75, 3.05) is 23.7 Å². The lowest BCUT2D eigenvalue weighted by Gasteiger charge is -2.11. The van der Waals surface area contributed by atoms with Crippen molar-refractivity contribution in [2.24, 2.45) is 0 Å². The predicted molar refractivity (Wildman–Crippen MR) is 70.4 cm³/mol. The molecule has 1 aliphatic heterocycles. The lowest BCUT2D eigenvalue weighted by molar-refractivity contribution is 0.634. The molecule has 1 aliphatic rings. The first-order valence-electron chi connectivity index (χ1n) is 5.46. The molecule has 0 amide bonds. The Hall–Kier alpha value is -1.07. The van der Waals surface area contributed by atoms with Crippen LogP contribution in [0.4, 0.5) is 15.2 Å². The third-order valence-corrected chi connectivity index (χ3v) is 4.41. The number of benzene rings is 1. The van der Waals surface area contributed by atoms with Crippen LogP contribution in [0.15, 0.2) is 6.07 Å². The molecule has 0 saturated carbocycles. The molecule has 1 aromatic carbocycles. The minimum atomic E-state index is -0.473. The van der Waals surface area contributed by atoms with E-state index in [4.69, 9.17) is 17.3 Å². The summed E-state index contributed by atoms with van der Waals surface area (Å²) in [6.45, 7) is 2.00. The number of anilines is 2. The van der Waals surface area contributed by atoms with Crippen molar-refractivity contribution in [3.8, 4) is 0 Å². The van der Waals surface area contributed by atoms with Crippen LogP contribution in [0.1, 0.15) is 12.8 Å². The van der Waals surface area contributed by atoms with E-state index in [1.54, 1.807) is 0 Å². The summed E-state index contributed by atoms with van der Waals surface area (Å²) in [7, 11) is 0. The summed E-state index contributed by atoms with van der Waals surface area (Å²) in [5, 5.41) is 1.21. The molecule has 1 aromatic heterocycles. The largest absolute Gasteiger partial charge is 0.395 e. The van der Waals surface area contributed by atoms with E-state index in [0.717, 1.165) is 18.2 Å². The minimum absolute atomic E-state index is 0.146. The molecule has 0 bridgehead atoms. The third-order valence-electron chi connectivity index (χ3n) is 2.97. The number of hydrogen-bond acceptors (Lipinski definition) is 4. The summed E-state index contributed by atoms with van der Waals surface area (Å²) in [4.78, 5) is 6.65. The zero-order valence-electron chi connectivity index (χ0n) is 9.04. The molecule has 0 radical (unpaired) electrons. The smallest absolute Gasteiger partial charge is 0.186 e. The molecule has 3 nitrogen and oxygen atoms in total. The van der Waals surface area contributed by atoms with Crippen LogP contribution >= 0.6 is 22.9 Å². The number of nitrogen functional groups attached to an aromatic ring is 1. The molecule has 0 atom stereocenters. The van der Waals surface area contributed by atoms with Gasteiger partial charge in [0.15, 0.2) is 5.13 Å². The van der Waals surface area contributed by atoms with Crippen molar-refractivity contribution in [1.29, 1.82) is 0 Å². The van der Waals surface area contributed by atoms with Gasteiger partial charge in [0.25, 0.3) is 0 Å². The fraction of sp³-hybridized carbons (Fsp3) is 0.364. The van der Waals surface area contributed by atoms with Crippen LogP contribution in [0, 0.1) is 5.82 Å². The van der Waals surface area contributed by atoms with Crippen molar-refractivity contribution in [3.05, 3.63) is 16.9 Å². The first kappa shape index (κ1) is 11.0. The van der Waals surface area contributed by atoms with Gasteiger partial charge in [-0.2, -0.15) is 0 Å². The molecule has 90 valence electrons. The van der Waals surface area contributed by atoms with Gasteiger partial charge in [-0.1, -0.05) is 22.9 Å². The molecule has 0 aliphatic carbocycles. The van der Waals surface area contributed by atoms with Gasteiger partial charge in [0.1, 0.15) is 11.3 Å². The van der Waals surface area contributed by atoms with Crippen LogP contribution in [0.25, 0.3) is 10.2 Å². The molecule has 2 aromatic rings. The van der Waals surface area contributed by atoms with E-state index in [2.05, 4.69) is 9.88 Å². The molecule has 0 spiro atoms. The topological polar surface area (TPSA) is 42.1 Å². The van der Waals surface area contributed by atoms with Crippen molar-refractivity contribution in [2.45, 2.75) is 12.8 Å². The number of nitrogens with zero attached hydrogens (tertiary/aromatic N) is 2. The Bertz CT molecular complexity index is 578. The maximum absolute atomic E-state index is 13.5. The second-order valence-electron chi connectivity index (χ2n) is 4.12. The minimum Gasteiger partial charge on any atom is -0.395 e. The normalized spacial score (nSPS) is 16.0. The third kappa shape index (κ3) is 1.73. The molecule has 6 heteroatoms. The fourth-order valence-electron chi connectivity index (χ4n) is 2.06. The summed E-state index contributed by atoms with van der Waals surface area (Å²) in [6, 6.07) is 1.23. The van der Waals surface area contributed by atoms with Gasteiger partial charge in [-0.3, -0.25) is 0 Å². The maximum Gasteiger partial charge on any atom is 0.186 e. The van der Waals surface area contributed by atoms with Gasteiger partial charge >= 0.3 is 0 Å². The van der Waals surface area contributed by atoms with E-state index in [1.807, 2.05) is 0 Å². The molecule has 17 heavy (non-hydrogen) atoms. The Kier molecular flexibility index (Phi) is 2.60. The van der Waals surface area contributed by atoms with Crippen LogP contribution in [-0.4, -0.2) is 18.1 Å². The molecular formula is C11H11ClFN3S. The van der Waals surface area contributed by atoms with Crippen LogP contribution in [0.2, 0.25) is 5.02 Å². The number of thiazole rings is 1. The second-order valence-corrected chi connectivity index (χ2v) is 5.51. The van der Waals surface area contributed by atoms with E-state index >= 15 is 0 Å². The quantitative estimate of drug-likeness (QED) is 0.810. The van der Waals surface area contributed by atoms with Crippen molar-refractivity contribution < 1.29 is 4.39 Å². The highest BCUT2D eigenvalue weighted by Gasteiger charge is 2.19. The highest BCUT2D eigenvalue weighted by molar-refractivity contribution is 7.22. The Balaban J connectivity index is 2.17. The molecule has 2 heterocycles. The summed E-state index contributed by atoms with van der Waals surface area (Å²) in [5.74, 6) is -0.473. The molecule has 3 rings (SSSR count). The molecule has 2 N–H and O–H groups in total. The highest BCUT2D eigenvalue weighted by Crippen LogP contribution is 2.38.